The van der Waals surface area contributed by atoms with Crippen molar-refractivity contribution in [3.8, 4) is 0 Å². The number of sulfonamides is 1. The van der Waals surface area contributed by atoms with Gasteiger partial charge in [-0.3, -0.25) is 0 Å². The van der Waals surface area contributed by atoms with Gasteiger partial charge in [-0.15, -0.1) is 0 Å². The van der Waals surface area contributed by atoms with Gasteiger partial charge in [0.1, 0.15) is 0 Å². The van der Waals surface area contributed by atoms with Crippen molar-refractivity contribution in [2.75, 3.05) is 13.1 Å². The molecule has 1 aliphatic heterocycles. The highest BCUT2D eigenvalue weighted by atomic mass is 32.2. The van der Waals surface area contributed by atoms with Crippen LogP contribution in [-0.4, -0.2) is 40.2 Å². The summed E-state index contributed by atoms with van der Waals surface area (Å²) in [7, 11) is -5.34. The van der Waals surface area contributed by atoms with Crippen LogP contribution in [0.5, 0.6) is 0 Å². The third kappa shape index (κ3) is 4.44. The first-order valence-corrected chi connectivity index (χ1v) is 16.4. The van der Waals surface area contributed by atoms with Crippen LogP contribution in [-0.2, 0) is 14.4 Å². The van der Waals surface area contributed by atoms with E-state index in [1.54, 1.807) is 16.4 Å². The molecule has 1 saturated carbocycles. The largest absolute Gasteiger partial charge is 0.410 e. The third-order valence-electron chi connectivity index (χ3n) is 8.19. The van der Waals surface area contributed by atoms with Crippen LogP contribution in [0.25, 0.3) is 0 Å². The van der Waals surface area contributed by atoms with Gasteiger partial charge in [-0.25, -0.2) is 8.42 Å². The van der Waals surface area contributed by atoms with E-state index in [-0.39, 0.29) is 17.1 Å². The van der Waals surface area contributed by atoms with Gasteiger partial charge in [-0.2, -0.15) is 4.31 Å². The number of fused-ring (bicyclic) bond motifs is 3. The summed E-state index contributed by atoms with van der Waals surface area (Å²) < 4.78 is 35.3. The number of aryl methyl sites for hydroxylation is 1. The fourth-order valence-corrected chi connectivity index (χ4v) is 7.95. The van der Waals surface area contributed by atoms with Gasteiger partial charge in [0.25, 0.3) is 0 Å². The predicted octanol–water partition coefficient (Wildman–Crippen LogP) is 6.06. The number of rotatable bonds is 4. The summed E-state index contributed by atoms with van der Waals surface area (Å²) in [4.78, 5) is 0.407. The molecule has 2 fully saturated rings. The molecule has 0 N–H and O–H groups in total. The van der Waals surface area contributed by atoms with Crippen LogP contribution in [0.15, 0.2) is 52.5 Å². The fraction of sp³-hybridized carbons (Fsp3) is 0.615. The molecular weight excluding hydrogens is 434 g/mol. The van der Waals surface area contributed by atoms with Crippen LogP contribution >= 0.6 is 0 Å². The zero-order valence-electron chi connectivity index (χ0n) is 20.5. The van der Waals surface area contributed by atoms with E-state index in [4.69, 9.17) is 4.43 Å². The molecule has 4 rings (SSSR count). The number of hydrogen-bond donors (Lipinski definition) is 0. The molecule has 3 atom stereocenters. The van der Waals surface area contributed by atoms with Crippen molar-refractivity contribution < 1.29 is 12.8 Å². The van der Waals surface area contributed by atoms with Gasteiger partial charge < -0.3 is 4.43 Å². The quantitative estimate of drug-likeness (QED) is 0.499. The first-order chi connectivity index (χ1) is 14.9. The Hall–Kier alpha value is -1.21. The maximum atomic E-state index is 13.4. The zero-order chi connectivity index (χ0) is 23.3. The lowest BCUT2D eigenvalue weighted by Gasteiger charge is -2.47. The van der Waals surface area contributed by atoms with Crippen molar-refractivity contribution in [2.24, 2.45) is 11.8 Å². The zero-order valence-corrected chi connectivity index (χ0v) is 22.3. The van der Waals surface area contributed by atoms with Crippen LogP contribution in [0, 0.1) is 18.8 Å². The highest BCUT2D eigenvalue weighted by Crippen LogP contribution is 2.47. The van der Waals surface area contributed by atoms with Crippen molar-refractivity contribution in [2.45, 2.75) is 82.5 Å². The molecule has 0 aromatic heterocycles. The smallest absolute Gasteiger partial charge is 0.243 e. The average Bonchev–Trinajstić information content (AvgIpc) is 2.72. The molecule has 6 heteroatoms. The monoisotopic (exact) mass is 473 g/mol. The second-order valence-corrected chi connectivity index (χ2v) is 18.0. The molecule has 3 aliphatic rings. The summed E-state index contributed by atoms with van der Waals surface area (Å²) in [5.41, 5.74) is 3.90. The Morgan fingerprint density at radius 3 is 2.38 bits per heavy atom. The maximum Gasteiger partial charge on any atom is 0.243 e. The molecule has 0 spiro atoms. The van der Waals surface area contributed by atoms with E-state index in [1.165, 1.54) is 11.1 Å². The lowest BCUT2D eigenvalue weighted by Crippen LogP contribution is -2.49. The first-order valence-electron chi connectivity index (χ1n) is 12.1. The lowest BCUT2D eigenvalue weighted by atomic mass is 9.68. The van der Waals surface area contributed by atoms with Crippen molar-refractivity contribution in [3.63, 3.8) is 0 Å². The second kappa shape index (κ2) is 8.53. The normalized spacial score (nSPS) is 27.2. The minimum absolute atomic E-state index is 0.177. The maximum absolute atomic E-state index is 13.4. The number of hydrogen-bond acceptors (Lipinski definition) is 3. The molecule has 1 aromatic carbocycles. The molecule has 0 amide bonds. The van der Waals surface area contributed by atoms with Gasteiger partial charge in [-0.1, -0.05) is 56.2 Å². The summed E-state index contributed by atoms with van der Waals surface area (Å²) >= 11 is 0. The summed E-state index contributed by atoms with van der Waals surface area (Å²) in [5.74, 6) is 0.671. The van der Waals surface area contributed by atoms with Crippen LogP contribution < -0.4 is 0 Å². The molecule has 1 saturated heterocycles. The molecule has 1 aromatic rings. The summed E-state index contributed by atoms with van der Waals surface area (Å²) in [6.45, 7) is 14.7. The first kappa shape index (κ1) is 23.9. The van der Waals surface area contributed by atoms with Crippen LogP contribution in [0.4, 0.5) is 0 Å². The minimum atomic E-state index is -3.47. The molecule has 0 radical (unpaired) electrons. The van der Waals surface area contributed by atoms with Crippen molar-refractivity contribution in [1.82, 2.24) is 4.31 Å². The van der Waals surface area contributed by atoms with Crippen molar-refractivity contribution in [3.05, 3.63) is 53.1 Å². The summed E-state index contributed by atoms with van der Waals surface area (Å²) in [6, 6.07) is 7.25. The van der Waals surface area contributed by atoms with Gasteiger partial charge >= 0.3 is 0 Å². The Labute approximate surface area is 195 Å². The van der Waals surface area contributed by atoms with Crippen LogP contribution in [0.3, 0.4) is 0 Å². The molecule has 2 aliphatic carbocycles. The van der Waals surface area contributed by atoms with E-state index < -0.39 is 18.3 Å². The van der Waals surface area contributed by atoms with E-state index in [0.29, 0.717) is 23.9 Å². The van der Waals surface area contributed by atoms with Crippen LogP contribution in [0.1, 0.15) is 52.0 Å². The topological polar surface area (TPSA) is 46.6 Å². The highest BCUT2D eigenvalue weighted by Gasteiger charge is 2.45. The Morgan fingerprint density at radius 2 is 1.72 bits per heavy atom. The van der Waals surface area contributed by atoms with Gasteiger partial charge in [0.05, 0.1) is 11.0 Å². The Bertz CT molecular complexity index is 1020. The number of allylic oxidation sites excluding steroid dienone is 2. The SMILES string of the molecule is Cc1ccc(S(=O)(=O)N2CCC3=CC=C4C(CCC[C@H]4O[Si](C)(C)C(C)(C)C)[C@@H]3C2)cc1. The van der Waals surface area contributed by atoms with Gasteiger partial charge in [0.15, 0.2) is 8.32 Å². The van der Waals surface area contributed by atoms with E-state index in [2.05, 4.69) is 46.0 Å². The molecule has 1 heterocycles. The summed E-state index contributed by atoms with van der Waals surface area (Å²) in [6.07, 6.45) is 8.95. The van der Waals surface area contributed by atoms with E-state index in [9.17, 15) is 8.42 Å². The van der Waals surface area contributed by atoms with Crippen molar-refractivity contribution in [1.29, 1.82) is 0 Å². The number of nitrogens with zero attached hydrogens (tertiary/aromatic N) is 1. The fourth-order valence-electron chi connectivity index (χ4n) is 5.16. The van der Waals surface area contributed by atoms with Crippen molar-refractivity contribution >= 4 is 18.3 Å². The van der Waals surface area contributed by atoms with Gasteiger partial charge in [0, 0.05) is 19.0 Å². The molecule has 1 unspecified atom stereocenters. The molecule has 176 valence electrons. The average molecular weight is 474 g/mol. The van der Waals surface area contributed by atoms with Crippen LogP contribution in [0.2, 0.25) is 18.1 Å². The lowest BCUT2D eigenvalue weighted by molar-refractivity contribution is 0.141. The summed E-state index contributed by atoms with van der Waals surface area (Å²) in [5, 5.41) is 0.180. The highest BCUT2D eigenvalue weighted by molar-refractivity contribution is 7.89. The Kier molecular flexibility index (Phi) is 6.38. The Morgan fingerprint density at radius 1 is 1.03 bits per heavy atom. The minimum Gasteiger partial charge on any atom is -0.410 e. The number of benzene rings is 1. The van der Waals surface area contributed by atoms with Gasteiger partial charge in [0.2, 0.25) is 10.0 Å². The Balaban J connectivity index is 1.56. The molecule has 32 heavy (non-hydrogen) atoms. The van der Waals surface area contributed by atoms with Gasteiger partial charge in [-0.05, 0) is 74.4 Å². The standard InChI is InChI=1S/C26H39NO3SSi/c1-19-10-13-21(14-11-19)31(28,29)27-17-16-20-12-15-23-22(24(20)18-27)8-7-9-25(23)30-32(5,6)26(2,3)4/h10-15,22,24-25H,7-9,16-18H2,1-6H3/t22?,24-,25-/m1/s1. The molecule has 4 nitrogen and oxygen atoms in total. The van der Waals surface area contributed by atoms with E-state index >= 15 is 0 Å². The molecule has 0 bridgehead atoms. The van der Waals surface area contributed by atoms with E-state index in [1.807, 2.05) is 19.1 Å². The number of piperidine rings is 1. The second-order valence-electron chi connectivity index (χ2n) is 11.3. The van der Waals surface area contributed by atoms with E-state index in [0.717, 1.165) is 31.2 Å². The predicted molar refractivity (Wildman–Crippen MR) is 134 cm³/mol. The third-order valence-corrected chi connectivity index (χ3v) is 14.6. The molecular formula is C26H39NO3SSi.